The molecule has 0 amide bonds. The number of guanidine groups is 1. The predicted molar refractivity (Wildman–Crippen MR) is 146 cm³/mol. The van der Waals surface area contributed by atoms with Gasteiger partial charge >= 0.3 is 0 Å². The number of piperidine rings is 1. The van der Waals surface area contributed by atoms with Gasteiger partial charge in [-0.1, -0.05) is 18.2 Å². The zero-order valence-electron chi connectivity index (χ0n) is 20.1. The van der Waals surface area contributed by atoms with Crippen molar-refractivity contribution in [3.05, 3.63) is 48.0 Å². The summed E-state index contributed by atoms with van der Waals surface area (Å²) in [5.41, 5.74) is 2.22. The molecule has 1 fully saturated rings. The van der Waals surface area contributed by atoms with E-state index in [9.17, 15) is 0 Å². The van der Waals surface area contributed by atoms with Crippen molar-refractivity contribution < 1.29 is 14.2 Å². The zero-order chi connectivity index (χ0) is 22.8. The SMILES string of the molecule is CCNC(=NCc1ccccc1OCC)NC1CCN(c2cc(OC)cc(OC)c2)CC1.I. The average Bonchev–Trinajstić information content (AvgIpc) is 2.83. The van der Waals surface area contributed by atoms with Gasteiger partial charge < -0.3 is 29.7 Å². The molecule has 7 nitrogen and oxygen atoms in total. The van der Waals surface area contributed by atoms with Gasteiger partial charge in [-0.2, -0.15) is 0 Å². The number of nitrogens with one attached hydrogen (secondary N) is 2. The van der Waals surface area contributed by atoms with Crippen molar-refractivity contribution in [2.24, 2.45) is 4.99 Å². The maximum absolute atomic E-state index is 5.73. The summed E-state index contributed by atoms with van der Waals surface area (Å²) in [5.74, 6) is 3.37. The minimum atomic E-state index is 0. The van der Waals surface area contributed by atoms with E-state index in [2.05, 4.69) is 40.7 Å². The van der Waals surface area contributed by atoms with Crippen molar-refractivity contribution in [1.82, 2.24) is 10.6 Å². The average molecular weight is 569 g/mol. The Balaban J connectivity index is 0.00000385. The van der Waals surface area contributed by atoms with Crippen LogP contribution in [0.25, 0.3) is 0 Å². The topological polar surface area (TPSA) is 67.4 Å². The summed E-state index contributed by atoms with van der Waals surface area (Å²) in [6.07, 6.45) is 2.05. The Morgan fingerprint density at radius 3 is 2.30 bits per heavy atom. The number of hydrogen-bond donors (Lipinski definition) is 2. The largest absolute Gasteiger partial charge is 0.497 e. The molecule has 3 rings (SSSR count). The highest BCUT2D eigenvalue weighted by Gasteiger charge is 2.21. The smallest absolute Gasteiger partial charge is 0.191 e. The van der Waals surface area contributed by atoms with Crippen LogP contribution in [0, 0.1) is 0 Å². The number of anilines is 1. The Hall–Kier alpha value is -2.36. The number of nitrogens with zero attached hydrogens (tertiary/aromatic N) is 2. The van der Waals surface area contributed by atoms with Gasteiger partial charge in [0.2, 0.25) is 0 Å². The number of aliphatic imine (C=N–C) groups is 1. The van der Waals surface area contributed by atoms with Gasteiger partial charge in [0, 0.05) is 55.1 Å². The molecule has 0 saturated carbocycles. The highest BCUT2D eigenvalue weighted by atomic mass is 127. The molecule has 0 aromatic heterocycles. The second-order valence-corrected chi connectivity index (χ2v) is 7.71. The van der Waals surface area contributed by atoms with Crippen molar-refractivity contribution in [3.8, 4) is 17.2 Å². The molecule has 0 atom stereocenters. The molecule has 0 aliphatic carbocycles. The van der Waals surface area contributed by atoms with Gasteiger partial charge in [-0.25, -0.2) is 4.99 Å². The fourth-order valence-electron chi connectivity index (χ4n) is 3.87. The second-order valence-electron chi connectivity index (χ2n) is 7.71. The third kappa shape index (κ3) is 7.87. The van der Waals surface area contributed by atoms with Crippen molar-refractivity contribution in [3.63, 3.8) is 0 Å². The van der Waals surface area contributed by atoms with E-state index in [0.717, 1.165) is 66.9 Å². The maximum Gasteiger partial charge on any atom is 0.191 e. The number of halogens is 1. The standard InChI is InChI=1S/C25H36N4O3.HI/c1-5-26-25(27-18-19-9-7-8-10-24(19)32-6-2)28-20-11-13-29(14-12-20)21-15-22(30-3)17-23(16-21)31-4;/h7-10,15-17,20H,5-6,11-14,18H2,1-4H3,(H2,26,27,28);1H. The molecule has 8 heteroatoms. The number of para-hydroxylation sites is 1. The molecule has 0 radical (unpaired) electrons. The van der Waals surface area contributed by atoms with E-state index in [1.54, 1.807) is 14.2 Å². The summed E-state index contributed by atoms with van der Waals surface area (Å²) in [5, 5.41) is 6.99. The fraction of sp³-hybridized carbons (Fsp3) is 0.480. The number of rotatable bonds is 9. The molecule has 1 heterocycles. The van der Waals surface area contributed by atoms with Crippen molar-refractivity contribution in [2.45, 2.75) is 39.3 Å². The van der Waals surface area contributed by atoms with Gasteiger partial charge in [0.1, 0.15) is 17.2 Å². The summed E-state index contributed by atoms with van der Waals surface area (Å²) in [4.78, 5) is 7.19. The first-order valence-corrected chi connectivity index (χ1v) is 11.4. The third-order valence-corrected chi connectivity index (χ3v) is 5.56. The molecule has 1 aliphatic heterocycles. The molecule has 0 unspecified atom stereocenters. The molecular weight excluding hydrogens is 531 g/mol. The number of ether oxygens (including phenoxy) is 3. The number of methoxy groups -OCH3 is 2. The number of hydrogen-bond acceptors (Lipinski definition) is 5. The summed E-state index contributed by atoms with van der Waals surface area (Å²) < 4.78 is 16.6. The lowest BCUT2D eigenvalue weighted by atomic mass is 10.0. The lowest BCUT2D eigenvalue weighted by molar-refractivity contribution is 0.336. The van der Waals surface area contributed by atoms with Gasteiger partial charge in [-0.15, -0.1) is 24.0 Å². The number of benzene rings is 2. The van der Waals surface area contributed by atoms with E-state index in [1.807, 2.05) is 31.2 Å². The van der Waals surface area contributed by atoms with E-state index in [-0.39, 0.29) is 24.0 Å². The van der Waals surface area contributed by atoms with Gasteiger partial charge in [0.15, 0.2) is 5.96 Å². The highest BCUT2D eigenvalue weighted by Crippen LogP contribution is 2.30. The second kappa shape index (κ2) is 14.0. The Bertz CT molecular complexity index is 863. The maximum atomic E-state index is 5.73. The minimum Gasteiger partial charge on any atom is -0.497 e. The van der Waals surface area contributed by atoms with Crippen LogP contribution in [0.1, 0.15) is 32.3 Å². The molecule has 1 aliphatic rings. The van der Waals surface area contributed by atoms with Crippen LogP contribution in [0.15, 0.2) is 47.5 Å². The van der Waals surface area contributed by atoms with E-state index in [4.69, 9.17) is 19.2 Å². The van der Waals surface area contributed by atoms with Crippen LogP contribution in [0.5, 0.6) is 17.2 Å². The molecule has 2 aromatic carbocycles. The van der Waals surface area contributed by atoms with Crippen LogP contribution in [-0.2, 0) is 6.54 Å². The minimum absolute atomic E-state index is 0. The summed E-state index contributed by atoms with van der Waals surface area (Å²) in [6.45, 7) is 8.05. The van der Waals surface area contributed by atoms with E-state index in [0.29, 0.717) is 19.2 Å². The van der Waals surface area contributed by atoms with Crippen LogP contribution >= 0.6 is 24.0 Å². The van der Waals surface area contributed by atoms with E-state index in [1.165, 1.54) is 0 Å². The molecule has 0 bridgehead atoms. The van der Waals surface area contributed by atoms with Gasteiger partial charge in [0.05, 0.1) is 27.4 Å². The Kier molecular flexibility index (Phi) is 11.4. The van der Waals surface area contributed by atoms with Crippen molar-refractivity contribution >= 4 is 35.6 Å². The first-order valence-electron chi connectivity index (χ1n) is 11.4. The summed E-state index contributed by atoms with van der Waals surface area (Å²) in [6, 6.07) is 14.5. The molecule has 33 heavy (non-hydrogen) atoms. The molecule has 1 saturated heterocycles. The van der Waals surface area contributed by atoms with Crippen LogP contribution in [-0.4, -0.2) is 52.5 Å². The lowest BCUT2D eigenvalue weighted by Crippen LogP contribution is -2.48. The zero-order valence-corrected chi connectivity index (χ0v) is 22.4. The first-order chi connectivity index (χ1) is 15.7. The van der Waals surface area contributed by atoms with Crippen molar-refractivity contribution in [1.29, 1.82) is 0 Å². The fourth-order valence-corrected chi connectivity index (χ4v) is 3.87. The van der Waals surface area contributed by atoms with Crippen molar-refractivity contribution in [2.75, 3.05) is 45.4 Å². The summed E-state index contributed by atoms with van der Waals surface area (Å²) in [7, 11) is 3.37. The predicted octanol–water partition coefficient (Wildman–Crippen LogP) is 4.44. The Morgan fingerprint density at radius 1 is 1.03 bits per heavy atom. The third-order valence-electron chi connectivity index (χ3n) is 5.56. The van der Waals surface area contributed by atoms with Gasteiger partial charge in [-0.3, -0.25) is 0 Å². The first kappa shape index (κ1) is 26.9. The van der Waals surface area contributed by atoms with Crippen LogP contribution < -0.4 is 29.7 Å². The normalized spacial score (nSPS) is 14.3. The lowest BCUT2D eigenvalue weighted by Gasteiger charge is -2.34. The molecule has 2 aromatic rings. The molecular formula is C25H37IN4O3. The quantitative estimate of drug-likeness (QED) is 0.265. The highest BCUT2D eigenvalue weighted by molar-refractivity contribution is 14.0. The summed E-state index contributed by atoms with van der Waals surface area (Å²) >= 11 is 0. The van der Waals surface area contributed by atoms with Crippen LogP contribution in [0.3, 0.4) is 0 Å². The van der Waals surface area contributed by atoms with Crippen LogP contribution in [0.2, 0.25) is 0 Å². The molecule has 182 valence electrons. The van der Waals surface area contributed by atoms with E-state index >= 15 is 0 Å². The van der Waals surface area contributed by atoms with Gasteiger partial charge in [0.25, 0.3) is 0 Å². The molecule has 0 spiro atoms. The monoisotopic (exact) mass is 568 g/mol. The van der Waals surface area contributed by atoms with E-state index < -0.39 is 0 Å². The molecule has 2 N–H and O–H groups in total. The Labute approximate surface area is 214 Å². The Morgan fingerprint density at radius 2 is 1.70 bits per heavy atom. The van der Waals surface area contributed by atoms with Gasteiger partial charge in [-0.05, 0) is 32.8 Å². The van der Waals surface area contributed by atoms with Crippen LogP contribution in [0.4, 0.5) is 5.69 Å².